The zero-order chi connectivity index (χ0) is 27.6. The molecule has 0 aliphatic rings. The van der Waals surface area contributed by atoms with Crippen molar-refractivity contribution in [3.8, 4) is 0 Å². The molecule has 0 unspecified atom stereocenters. The molecule has 4 rings (SSSR count). The van der Waals surface area contributed by atoms with E-state index in [0.29, 0.717) is 16.9 Å². The fraction of sp³-hybridized carbons (Fsp3) is 0.0333. The molecule has 39 heavy (non-hydrogen) atoms. The van der Waals surface area contributed by atoms with Crippen molar-refractivity contribution < 1.29 is 18.8 Å². The summed E-state index contributed by atoms with van der Waals surface area (Å²) in [6.07, 6.45) is 1.29. The molecule has 4 aromatic rings. The summed E-state index contributed by atoms with van der Waals surface area (Å²) in [5.74, 6) is -1.67. The average molecular weight is 605 g/mol. The van der Waals surface area contributed by atoms with Gasteiger partial charge in [-0.3, -0.25) is 14.4 Å². The molecule has 9 heteroatoms. The van der Waals surface area contributed by atoms with Crippen LogP contribution in [-0.4, -0.2) is 23.5 Å². The topological polar surface area (TPSA) is 87.3 Å². The van der Waals surface area contributed by atoms with Crippen molar-refractivity contribution >= 4 is 62.9 Å². The van der Waals surface area contributed by atoms with Crippen LogP contribution in [0.3, 0.4) is 0 Å². The number of rotatable bonds is 9. The van der Waals surface area contributed by atoms with Crippen LogP contribution in [0, 0.1) is 5.82 Å². The molecule has 0 saturated heterocycles. The van der Waals surface area contributed by atoms with E-state index in [1.54, 1.807) is 66.7 Å². The van der Waals surface area contributed by atoms with Crippen molar-refractivity contribution in [3.05, 3.63) is 130 Å². The van der Waals surface area contributed by atoms with Crippen LogP contribution in [-0.2, 0) is 9.59 Å². The Morgan fingerprint density at radius 2 is 1.51 bits per heavy atom. The number of benzene rings is 4. The zero-order valence-corrected chi connectivity index (χ0v) is 22.9. The van der Waals surface area contributed by atoms with Crippen molar-refractivity contribution in [1.82, 2.24) is 5.32 Å². The Morgan fingerprint density at radius 3 is 2.26 bits per heavy atom. The van der Waals surface area contributed by atoms with Crippen LogP contribution in [0.15, 0.2) is 118 Å². The molecule has 0 saturated carbocycles. The number of amides is 3. The Labute approximate surface area is 237 Å². The van der Waals surface area contributed by atoms with E-state index >= 15 is 0 Å². The first-order valence-electron chi connectivity index (χ1n) is 11.8. The van der Waals surface area contributed by atoms with Crippen molar-refractivity contribution in [2.75, 3.05) is 16.4 Å². The lowest BCUT2D eigenvalue weighted by Gasteiger charge is -2.12. The van der Waals surface area contributed by atoms with Crippen molar-refractivity contribution in [2.24, 2.45) is 0 Å². The summed E-state index contributed by atoms with van der Waals surface area (Å²) in [6.45, 7) is 0. The molecule has 196 valence electrons. The standard InChI is InChI=1S/C30H23BrFN3O3S/c31-22-13-15-23(16-14-22)33-28(36)19-39-25-11-6-10-24(18-25)34-30(38)27(17-21-9-4-5-12-26(21)32)35-29(37)20-7-2-1-3-8-20/h1-18H,19H2,(H,33,36)(H,34,38)(H,35,37)/b27-17-. The smallest absolute Gasteiger partial charge is 0.272 e. The molecular weight excluding hydrogens is 581 g/mol. The zero-order valence-electron chi connectivity index (χ0n) is 20.5. The third-order valence-corrected chi connectivity index (χ3v) is 6.85. The van der Waals surface area contributed by atoms with Gasteiger partial charge in [0.25, 0.3) is 11.8 Å². The predicted molar refractivity (Wildman–Crippen MR) is 157 cm³/mol. The minimum Gasteiger partial charge on any atom is -0.325 e. The number of hydrogen-bond acceptors (Lipinski definition) is 4. The van der Waals surface area contributed by atoms with Gasteiger partial charge in [-0.1, -0.05) is 58.4 Å². The quantitative estimate of drug-likeness (QED) is 0.146. The van der Waals surface area contributed by atoms with Gasteiger partial charge in [-0.05, 0) is 66.7 Å². The van der Waals surface area contributed by atoms with E-state index in [9.17, 15) is 18.8 Å². The Bertz CT molecular complexity index is 1510. The minimum atomic E-state index is -0.627. The first kappa shape index (κ1) is 27.8. The maximum atomic E-state index is 14.3. The summed E-state index contributed by atoms with van der Waals surface area (Å²) < 4.78 is 15.2. The van der Waals surface area contributed by atoms with Crippen molar-refractivity contribution in [2.45, 2.75) is 4.90 Å². The van der Waals surface area contributed by atoms with E-state index in [2.05, 4.69) is 31.9 Å². The number of halogens is 2. The van der Waals surface area contributed by atoms with Crippen LogP contribution in [0.5, 0.6) is 0 Å². The molecule has 0 fully saturated rings. The second-order valence-corrected chi connectivity index (χ2v) is 10.2. The Hall–Kier alpha value is -4.21. The molecule has 0 radical (unpaired) electrons. The minimum absolute atomic E-state index is 0.124. The number of carbonyl (C=O) groups excluding carboxylic acids is 3. The van der Waals surface area contributed by atoms with Gasteiger partial charge in [0.05, 0.1) is 5.75 Å². The molecule has 0 aliphatic heterocycles. The molecular formula is C30H23BrFN3O3S. The maximum absolute atomic E-state index is 14.3. The van der Waals surface area contributed by atoms with Crippen LogP contribution >= 0.6 is 27.7 Å². The summed E-state index contributed by atoms with van der Waals surface area (Å²) >= 11 is 4.67. The molecule has 0 bridgehead atoms. The second kappa shape index (κ2) is 13.5. The number of carbonyl (C=O) groups is 3. The highest BCUT2D eigenvalue weighted by atomic mass is 79.9. The molecule has 0 atom stereocenters. The lowest BCUT2D eigenvalue weighted by Crippen LogP contribution is -2.30. The Morgan fingerprint density at radius 1 is 0.795 bits per heavy atom. The average Bonchev–Trinajstić information content (AvgIpc) is 2.94. The largest absolute Gasteiger partial charge is 0.325 e. The molecule has 4 aromatic carbocycles. The summed E-state index contributed by atoms with van der Waals surface area (Å²) in [5.41, 5.74) is 1.52. The molecule has 0 aromatic heterocycles. The van der Waals surface area contributed by atoms with Crippen LogP contribution in [0.25, 0.3) is 6.08 Å². The molecule has 3 amide bonds. The van der Waals surface area contributed by atoms with Gasteiger partial charge in [0.2, 0.25) is 5.91 Å². The molecule has 0 aliphatic carbocycles. The predicted octanol–water partition coefficient (Wildman–Crippen LogP) is 6.73. The number of thioether (sulfide) groups is 1. The monoisotopic (exact) mass is 603 g/mol. The third-order valence-electron chi connectivity index (χ3n) is 5.32. The highest BCUT2D eigenvalue weighted by Gasteiger charge is 2.16. The van der Waals surface area contributed by atoms with Gasteiger partial charge in [0.15, 0.2) is 0 Å². The summed E-state index contributed by atoms with van der Waals surface area (Å²) in [5, 5.41) is 8.17. The highest BCUT2D eigenvalue weighted by molar-refractivity contribution is 9.10. The lowest BCUT2D eigenvalue weighted by atomic mass is 10.1. The molecule has 0 heterocycles. The van der Waals surface area contributed by atoms with Gasteiger partial charge in [-0.15, -0.1) is 11.8 Å². The van der Waals surface area contributed by atoms with E-state index in [4.69, 9.17) is 0 Å². The fourth-order valence-electron chi connectivity index (χ4n) is 3.43. The fourth-order valence-corrected chi connectivity index (χ4v) is 4.45. The third kappa shape index (κ3) is 8.39. The number of nitrogens with one attached hydrogen (secondary N) is 3. The number of anilines is 2. The lowest BCUT2D eigenvalue weighted by molar-refractivity contribution is -0.114. The maximum Gasteiger partial charge on any atom is 0.272 e. The van der Waals surface area contributed by atoms with Crippen molar-refractivity contribution in [1.29, 1.82) is 0 Å². The second-order valence-electron chi connectivity index (χ2n) is 8.23. The summed E-state index contributed by atoms with van der Waals surface area (Å²) in [7, 11) is 0. The Kier molecular flexibility index (Phi) is 9.66. The van der Waals surface area contributed by atoms with Crippen LogP contribution in [0.1, 0.15) is 15.9 Å². The van der Waals surface area contributed by atoms with E-state index in [1.165, 1.54) is 36.0 Å². The van der Waals surface area contributed by atoms with Gasteiger partial charge < -0.3 is 16.0 Å². The Balaban J connectivity index is 1.45. The molecule has 3 N–H and O–H groups in total. The number of hydrogen-bond donors (Lipinski definition) is 3. The van der Waals surface area contributed by atoms with E-state index in [-0.39, 0.29) is 22.9 Å². The van der Waals surface area contributed by atoms with E-state index in [0.717, 1.165) is 9.37 Å². The van der Waals surface area contributed by atoms with E-state index < -0.39 is 17.6 Å². The van der Waals surface area contributed by atoms with E-state index in [1.807, 2.05) is 18.2 Å². The van der Waals surface area contributed by atoms with Gasteiger partial charge in [-0.25, -0.2) is 4.39 Å². The van der Waals surface area contributed by atoms with Crippen LogP contribution < -0.4 is 16.0 Å². The van der Waals surface area contributed by atoms with Crippen LogP contribution in [0.4, 0.5) is 15.8 Å². The highest BCUT2D eigenvalue weighted by Crippen LogP contribution is 2.23. The summed E-state index contributed by atoms with van der Waals surface area (Å²) in [4.78, 5) is 39.1. The summed E-state index contributed by atoms with van der Waals surface area (Å²) in [6, 6.07) is 28.6. The molecule has 6 nitrogen and oxygen atoms in total. The van der Waals surface area contributed by atoms with Gasteiger partial charge in [0, 0.05) is 31.9 Å². The van der Waals surface area contributed by atoms with Gasteiger partial charge >= 0.3 is 0 Å². The first-order valence-corrected chi connectivity index (χ1v) is 13.6. The SMILES string of the molecule is O=C(CSc1cccc(NC(=O)/C(=C/c2ccccc2F)NC(=O)c2ccccc2)c1)Nc1ccc(Br)cc1. The molecule has 0 spiro atoms. The van der Waals surface area contributed by atoms with Gasteiger partial charge in [0.1, 0.15) is 11.5 Å². The van der Waals surface area contributed by atoms with Crippen molar-refractivity contribution in [3.63, 3.8) is 0 Å². The normalized spacial score (nSPS) is 11.0. The first-order chi connectivity index (χ1) is 18.9. The van der Waals surface area contributed by atoms with Gasteiger partial charge in [-0.2, -0.15) is 0 Å². The van der Waals surface area contributed by atoms with Crippen LogP contribution in [0.2, 0.25) is 0 Å².